The van der Waals surface area contributed by atoms with Crippen molar-refractivity contribution in [3.63, 3.8) is 0 Å². The van der Waals surface area contributed by atoms with Gasteiger partial charge in [0.05, 0.1) is 0 Å². The van der Waals surface area contributed by atoms with Gasteiger partial charge in [0, 0.05) is 0 Å². The molecular weight excluding hydrogens is 429 g/mol. The van der Waals surface area contributed by atoms with Gasteiger partial charge >= 0.3 is 21.7 Å². The van der Waals surface area contributed by atoms with Crippen molar-refractivity contribution in [2.75, 3.05) is 0 Å². The standard InChI is InChI=1S/C21H16P.C5H5.2FH.Ti/c1-3-11-19(12-4-1)22(20-13-5-2-6-14-20)21-15-17-9-7-8-10-18(17)16-21;1-2-4-5-3-1;;;/h1-16H;1-3H,4H2;2*1H;/q2*-1;;;+4/p-2. The van der Waals surface area contributed by atoms with E-state index in [1.54, 1.807) is 0 Å². The zero-order valence-electron chi connectivity index (χ0n) is 16.4. The molecule has 0 N–H and O–H groups in total. The molecule has 0 radical (unpaired) electrons. The summed E-state index contributed by atoms with van der Waals surface area (Å²) in [5.41, 5.74) is 0. The number of hydrogen-bond donors (Lipinski definition) is 0. The summed E-state index contributed by atoms with van der Waals surface area (Å²) in [7, 11) is -0.493. The first kappa shape index (κ1) is 25.8. The van der Waals surface area contributed by atoms with Crippen molar-refractivity contribution in [2.45, 2.75) is 6.42 Å². The Labute approximate surface area is 193 Å². The summed E-state index contributed by atoms with van der Waals surface area (Å²) in [6.45, 7) is 0. The maximum atomic E-state index is 2.99. The van der Waals surface area contributed by atoms with Crippen LogP contribution in [0.3, 0.4) is 0 Å². The third-order valence-electron chi connectivity index (χ3n) is 4.48. The van der Waals surface area contributed by atoms with Crippen LogP contribution in [0.5, 0.6) is 0 Å². The summed E-state index contributed by atoms with van der Waals surface area (Å²) in [5, 5.41) is 6.89. The van der Waals surface area contributed by atoms with Crippen molar-refractivity contribution in [1.82, 2.24) is 0 Å². The molecule has 0 unspecified atom stereocenters. The first-order valence-electron chi connectivity index (χ1n) is 9.19. The normalized spacial score (nSPS) is 11.1. The van der Waals surface area contributed by atoms with Crippen LogP contribution in [0.2, 0.25) is 0 Å². The average molecular weight is 450 g/mol. The molecule has 0 fully saturated rings. The first-order valence-corrected chi connectivity index (χ1v) is 10.5. The Morgan fingerprint density at radius 3 is 1.77 bits per heavy atom. The third kappa shape index (κ3) is 6.38. The van der Waals surface area contributed by atoms with Gasteiger partial charge in [-0.05, 0) is 18.5 Å². The fourth-order valence-electron chi connectivity index (χ4n) is 3.20. The summed E-state index contributed by atoms with van der Waals surface area (Å²) in [4.78, 5) is 0. The van der Waals surface area contributed by atoms with Crippen molar-refractivity contribution in [3.05, 3.63) is 121 Å². The maximum absolute atomic E-state index is 2.99. The van der Waals surface area contributed by atoms with Crippen molar-refractivity contribution >= 4 is 34.6 Å². The summed E-state index contributed by atoms with van der Waals surface area (Å²) in [5.74, 6) is 0. The summed E-state index contributed by atoms with van der Waals surface area (Å²) >= 11 is 0. The number of halogens is 2. The zero-order valence-corrected chi connectivity index (χ0v) is 18.8. The Hall–Kier alpha value is -2.25. The third-order valence-corrected chi connectivity index (χ3v) is 6.88. The fourth-order valence-corrected chi connectivity index (χ4v) is 5.58. The average Bonchev–Trinajstić information content (AvgIpc) is 3.43. The molecule has 0 saturated heterocycles. The predicted octanol–water partition coefficient (Wildman–Crippen LogP) is -0.372. The molecule has 4 heteroatoms. The monoisotopic (exact) mass is 450 g/mol. The molecule has 148 valence electrons. The van der Waals surface area contributed by atoms with Crippen molar-refractivity contribution < 1.29 is 31.1 Å². The van der Waals surface area contributed by atoms with Crippen LogP contribution >= 0.6 is 7.92 Å². The molecule has 0 aliphatic heterocycles. The van der Waals surface area contributed by atoms with Crippen molar-refractivity contribution in [1.29, 1.82) is 0 Å². The van der Waals surface area contributed by atoms with Gasteiger partial charge in [-0.25, -0.2) is 12.2 Å². The Bertz CT molecular complexity index is 974. The molecule has 4 aromatic carbocycles. The molecule has 0 bridgehead atoms. The van der Waals surface area contributed by atoms with Gasteiger partial charge in [-0.2, -0.15) is 12.1 Å². The first-order chi connectivity index (χ1) is 13.4. The van der Waals surface area contributed by atoms with E-state index in [4.69, 9.17) is 0 Å². The second-order valence-corrected chi connectivity index (χ2v) is 8.57. The van der Waals surface area contributed by atoms with Gasteiger partial charge in [-0.3, -0.25) is 6.08 Å². The SMILES string of the molecule is [C-]1=CC=CC1.[F-].[F-].[Ti+4].c1ccc(P(c2ccccc2)c2cc3ccccc3[cH-]2)cc1. The van der Waals surface area contributed by atoms with Gasteiger partial charge in [-0.1, -0.05) is 66.7 Å². The summed E-state index contributed by atoms with van der Waals surface area (Å²) in [6, 6.07) is 35.0. The van der Waals surface area contributed by atoms with Gasteiger partial charge in [0.15, 0.2) is 0 Å². The van der Waals surface area contributed by atoms with Crippen LogP contribution in [0.4, 0.5) is 0 Å². The Morgan fingerprint density at radius 2 is 1.30 bits per heavy atom. The van der Waals surface area contributed by atoms with E-state index < -0.39 is 7.92 Å². The molecule has 0 amide bonds. The molecule has 0 atom stereocenters. The minimum absolute atomic E-state index is 0. The Morgan fingerprint density at radius 1 is 0.733 bits per heavy atom. The summed E-state index contributed by atoms with van der Waals surface area (Å²) < 4.78 is 0. The Balaban J connectivity index is 0.000000499. The number of rotatable bonds is 3. The Kier molecular flexibility index (Phi) is 11.3. The molecule has 5 rings (SSSR count). The van der Waals surface area contributed by atoms with Gasteiger partial charge in [0.1, 0.15) is 0 Å². The molecule has 0 aromatic heterocycles. The van der Waals surface area contributed by atoms with Crippen LogP contribution in [0, 0.1) is 6.08 Å². The molecule has 0 saturated carbocycles. The molecule has 0 spiro atoms. The van der Waals surface area contributed by atoms with Crippen LogP contribution in [-0.2, 0) is 21.7 Å². The van der Waals surface area contributed by atoms with Crippen molar-refractivity contribution in [3.8, 4) is 0 Å². The van der Waals surface area contributed by atoms with Crippen LogP contribution < -0.4 is 25.3 Å². The smallest absolute Gasteiger partial charge is 1.00 e. The van der Waals surface area contributed by atoms with Crippen molar-refractivity contribution in [2.24, 2.45) is 0 Å². The van der Waals surface area contributed by atoms with Crippen LogP contribution in [0.25, 0.3) is 10.8 Å². The second kappa shape index (κ2) is 13.1. The van der Waals surface area contributed by atoms with E-state index in [1.807, 2.05) is 12.2 Å². The number of fused-ring (bicyclic) bond motifs is 1. The fraction of sp³-hybridized carbons (Fsp3) is 0.0385. The molecule has 1 aliphatic rings. The number of hydrogen-bond acceptors (Lipinski definition) is 0. The quantitative estimate of drug-likeness (QED) is 0.227. The van der Waals surface area contributed by atoms with Gasteiger partial charge in [-0.15, -0.1) is 46.8 Å². The number of benzene rings is 3. The minimum Gasteiger partial charge on any atom is -1.00 e. The number of allylic oxidation sites excluding steroid dienone is 4. The molecule has 30 heavy (non-hydrogen) atoms. The van der Waals surface area contributed by atoms with E-state index in [-0.39, 0.29) is 31.1 Å². The van der Waals surface area contributed by atoms with Gasteiger partial charge in [0.25, 0.3) is 0 Å². The zero-order chi connectivity index (χ0) is 18.3. The molecule has 1 aliphatic carbocycles. The van der Waals surface area contributed by atoms with E-state index in [0.717, 1.165) is 6.42 Å². The summed E-state index contributed by atoms with van der Waals surface area (Å²) in [6.07, 6.45) is 10.0. The second-order valence-electron chi connectivity index (χ2n) is 6.35. The van der Waals surface area contributed by atoms with Crippen LogP contribution in [0.1, 0.15) is 6.42 Å². The van der Waals surface area contributed by atoms with E-state index in [0.29, 0.717) is 0 Å². The van der Waals surface area contributed by atoms with Gasteiger partial charge in [0.2, 0.25) is 0 Å². The molecular formula is C26H21F2PTi. The van der Waals surface area contributed by atoms with Crippen LogP contribution in [-0.4, -0.2) is 0 Å². The topological polar surface area (TPSA) is 0 Å². The van der Waals surface area contributed by atoms with E-state index in [1.165, 1.54) is 26.7 Å². The minimum atomic E-state index is -0.493. The van der Waals surface area contributed by atoms with E-state index in [9.17, 15) is 0 Å². The van der Waals surface area contributed by atoms with Crippen LogP contribution in [0.15, 0.2) is 115 Å². The molecule has 4 aromatic rings. The molecule has 0 nitrogen and oxygen atoms in total. The van der Waals surface area contributed by atoms with E-state index in [2.05, 4.69) is 109 Å². The van der Waals surface area contributed by atoms with E-state index >= 15 is 0 Å². The largest absolute Gasteiger partial charge is 4.00 e. The maximum Gasteiger partial charge on any atom is 4.00 e. The predicted molar refractivity (Wildman–Crippen MR) is 120 cm³/mol. The van der Waals surface area contributed by atoms with Gasteiger partial charge < -0.3 is 9.41 Å². The molecule has 0 heterocycles.